The number of fused-ring (bicyclic) bond motifs is 1. The minimum Gasteiger partial charge on any atom is -0.490 e. The molecule has 2 N–H and O–H groups in total. The predicted molar refractivity (Wildman–Crippen MR) is 132 cm³/mol. The summed E-state index contributed by atoms with van der Waals surface area (Å²) in [5.74, 6) is 1.54. The molecule has 0 bridgehead atoms. The molecular formula is C26H26N6OS. The van der Waals surface area contributed by atoms with Crippen LogP contribution < -0.4 is 10.1 Å². The molecule has 2 aromatic carbocycles. The summed E-state index contributed by atoms with van der Waals surface area (Å²) in [4.78, 5) is 7.48. The Balaban J connectivity index is 1.42. The molecule has 0 saturated heterocycles. The Morgan fingerprint density at radius 3 is 2.91 bits per heavy atom. The van der Waals surface area contributed by atoms with Crippen molar-refractivity contribution in [3.8, 4) is 33.0 Å². The van der Waals surface area contributed by atoms with E-state index in [4.69, 9.17) is 4.74 Å². The molecule has 5 rings (SSSR count). The third-order valence-corrected chi connectivity index (χ3v) is 6.95. The molecule has 7 nitrogen and oxygen atoms in total. The Hall–Kier alpha value is -3.54. The second-order valence-corrected chi connectivity index (χ2v) is 9.61. The first kappa shape index (κ1) is 22.3. The number of imidazole rings is 1. The van der Waals surface area contributed by atoms with Crippen LogP contribution in [0.3, 0.4) is 0 Å². The van der Waals surface area contributed by atoms with E-state index in [2.05, 4.69) is 49.8 Å². The van der Waals surface area contributed by atoms with Crippen molar-refractivity contribution in [3.63, 3.8) is 0 Å². The van der Waals surface area contributed by atoms with Crippen LogP contribution in [0.4, 0.5) is 0 Å². The number of nitriles is 1. The number of aromatic amines is 1. The maximum Gasteiger partial charge on any atom is 0.148 e. The second kappa shape index (κ2) is 9.75. The summed E-state index contributed by atoms with van der Waals surface area (Å²) in [5, 5.41) is 23.9. The molecule has 0 fully saturated rings. The first-order chi connectivity index (χ1) is 16.6. The van der Waals surface area contributed by atoms with E-state index in [0.717, 1.165) is 46.2 Å². The van der Waals surface area contributed by atoms with Gasteiger partial charge >= 0.3 is 0 Å². The van der Waals surface area contributed by atoms with Gasteiger partial charge in [-0.25, -0.2) is 4.98 Å². The van der Waals surface area contributed by atoms with E-state index in [9.17, 15) is 5.26 Å². The second-order valence-electron chi connectivity index (χ2n) is 8.64. The van der Waals surface area contributed by atoms with Crippen LogP contribution in [0.15, 0.2) is 48.8 Å². The van der Waals surface area contributed by atoms with Gasteiger partial charge in [-0.2, -0.15) is 5.26 Å². The number of benzene rings is 2. The Kier molecular flexibility index (Phi) is 6.39. The Bertz CT molecular complexity index is 1320. The lowest BCUT2D eigenvalue weighted by Crippen LogP contribution is -2.25. The summed E-state index contributed by atoms with van der Waals surface area (Å²) in [6.07, 6.45) is 6.88. The van der Waals surface area contributed by atoms with E-state index < -0.39 is 0 Å². The van der Waals surface area contributed by atoms with Crippen LogP contribution >= 0.6 is 11.3 Å². The highest BCUT2D eigenvalue weighted by atomic mass is 32.1. The van der Waals surface area contributed by atoms with Gasteiger partial charge in [0.1, 0.15) is 27.7 Å². The first-order valence-electron chi connectivity index (χ1n) is 11.5. The van der Waals surface area contributed by atoms with E-state index in [1.165, 1.54) is 11.1 Å². The quantitative estimate of drug-likeness (QED) is 0.374. The average molecular weight is 471 g/mol. The van der Waals surface area contributed by atoms with Crippen LogP contribution in [0.25, 0.3) is 21.1 Å². The third-order valence-electron chi connectivity index (χ3n) is 5.94. The van der Waals surface area contributed by atoms with Crippen molar-refractivity contribution < 1.29 is 4.74 Å². The molecule has 1 aliphatic carbocycles. The van der Waals surface area contributed by atoms with Gasteiger partial charge in [-0.3, -0.25) is 0 Å². The lowest BCUT2D eigenvalue weighted by atomic mass is 9.85. The van der Waals surface area contributed by atoms with Crippen molar-refractivity contribution in [1.82, 2.24) is 25.5 Å². The molecule has 34 heavy (non-hydrogen) atoms. The molecule has 1 unspecified atom stereocenters. The van der Waals surface area contributed by atoms with Gasteiger partial charge in [-0.15, -0.1) is 10.2 Å². The van der Waals surface area contributed by atoms with Crippen molar-refractivity contribution in [3.05, 3.63) is 71.3 Å². The fraction of sp³-hybridized carbons (Fsp3) is 0.308. The number of nitrogens with one attached hydrogen (secondary N) is 2. The summed E-state index contributed by atoms with van der Waals surface area (Å²) in [5.41, 5.74) is 5.19. The number of ether oxygens (including phenoxy) is 1. The molecule has 2 heterocycles. The number of hydrogen-bond acceptors (Lipinski definition) is 7. The van der Waals surface area contributed by atoms with Crippen molar-refractivity contribution >= 4 is 11.3 Å². The Morgan fingerprint density at radius 2 is 2.12 bits per heavy atom. The Morgan fingerprint density at radius 1 is 1.24 bits per heavy atom. The van der Waals surface area contributed by atoms with Gasteiger partial charge < -0.3 is 15.0 Å². The average Bonchev–Trinajstić information content (AvgIpc) is 3.55. The summed E-state index contributed by atoms with van der Waals surface area (Å²) in [6, 6.07) is 14.6. The topological polar surface area (TPSA) is 99.5 Å². The summed E-state index contributed by atoms with van der Waals surface area (Å²) >= 11 is 1.56. The first-order valence-corrected chi connectivity index (χ1v) is 12.3. The van der Waals surface area contributed by atoms with Crippen molar-refractivity contribution in [1.29, 1.82) is 5.26 Å². The number of hydrogen-bond donors (Lipinski definition) is 2. The molecule has 0 spiro atoms. The Labute approximate surface area is 202 Å². The lowest BCUT2D eigenvalue weighted by Gasteiger charge is -2.27. The van der Waals surface area contributed by atoms with Gasteiger partial charge in [0.05, 0.1) is 18.2 Å². The maximum atomic E-state index is 9.57. The van der Waals surface area contributed by atoms with Crippen molar-refractivity contribution in [2.75, 3.05) is 0 Å². The smallest absolute Gasteiger partial charge is 0.148 e. The van der Waals surface area contributed by atoms with Gasteiger partial charge in [-0.1, -0.05) is 29.5 Å². The zero-order chi connectivity index (χ0) is 23.5. The highest BCUT2D eigenvalue weighted by molar-refractivity contribution is 7.17. The van der Waals surface area contributed by atoms with Crippen LogP contribution in [-0.2, 0) is 13.0 Å². The zero-order valence-corrected chi connectivity index (χ0v) is 20.0. The zero-order valence-electron chi connectivity index (χ0n) is 19.2. The van der Waals surface area contributed by atoms with Crippen LogP contribution in [0, 0.1) is 11.3 Å². The number of rotatable bonds is 7. The van der Waals surface area contributed by atoms with Crippen LogP contribution in [0.2, 0.25) is 0 Å². The predicted octanol–water partition coefficient (Wildman–Crippen LogP) is 5.42. The molecule has 0 radical (unpaired) electrons. The monoisotopic (exact) mass is 470 g/mol. The summed E-state index contributed by atoms with van der Waals surface area (Å²) < 4.78 is 5.75. The number of aromatic nitrogens is 4. The molecular weight excluding hydrogens is 444 g/mol. The number of H-pyrrole nitrogens is 1. The minimum atomic E-state index is 0.00716. The lowest BCUT2D eigenvalue weighted by molar-refractivity contribution is 0.242. The van der Waals surface area contributed by atoms with Crippen LogP contribution in [-0.4, -0.2) is 26.3 Å². The van der Waals surface area contributed by atoms with E-state index in [0.29, 0.717) is 17.9 Å². The fourth-order valence-corrected chi connectivity index (χ4v) is 5.32. The number of nitrogens with zero attached hydrogens (tertiary/aromatic N) is 4. The fourth-order valence-electron chi connectivity index (χ4n) is 4.43. The summed E-state index contributed by atoms with van der Waals surface area (Å²) in [6.45, 7) is 4.61. The van der Waals surface area contributed by atoms with Gasteiger partial charge in [-0.05, 0) is 62.4 Å². The van der Waals surface area contributed by atoms with Crippen LogP contribution in [0.5, 0.6) is 5.75 Å². The third kappa shape index (κ3) is 4.58. The minimum absolute atomic E-state index is 0.00716. The molecule has 172 valence electrons. The van der Waals surface area contributed by atoms with E-state index >= 15 is 0 Å². The molecule has 0 amide bonds. The molecule has 8 heteroatoms. The van der Waals surface area contributed by atoms with Crippen LogP contribution in [0.1, 0.15) is 55.2 Å². The largest absolute Gasteiger partial charge is 0.490 e. The highest BCUT2D eigenvalue weighted by Crippen LogP contribution is 2.39. The summed E-state index contributed by atoms with van der Waals surface area (Å²) in [7, 11) is 0. The van der Waals surface area contributed by atoms with Crippen molar-refractivity contribution in [2.45, 2.75) is 51.8 Å². The SMILES string of the molecule is CC(C)Oc1ccc(-c2nnc(-c3cccc4c3CCCC4NCc3ncc[nH]3)s2)cc1C#N. The maximum absolute atomic E-state index is 9.57. The molecule has 0 aliphatic heterocycles. The molecule has 4 aromatic rings. The van der Waals surface area contributed by atoms with Crippen molar-refractivity contribution in [2.24, 2.45) is 0 Å². The van der Waals surface area contributed by atoms with E-state index in [-0.39, 0.29) is 12.1 Å². The molecule has 1 atom stereocenters. The molecule has 2 aromatic heterocycles. The molecule has 0 saturated carbocycles. The normalized spacial score (nSPS) is 15.2. The molecule has 1 aliphatic rings. The van der Waals surface area contributed by atoms with Gasteiger partial charge in [0.15, 0.2) is 0 Å². The van der Waals surface area contributed by atoms with E-state index in [1.54, 1.807) is 17.5 Å². The van der Waals surface area contributed by atoms with E-state index in [1.807, 2.05) is 38.2 Å². The van der Waals surface area contributed by atoms with Gasteiger partial charge in [0.2, 0.25) is 0 Å². The highest BCUT2D eigenvalue weighted by Gasteiger charge is 2.24. The van der Waals surface area contributed by atoms with Gasteiger partial charge in [0.25, 0.3) is 0 Å². The standard InChI is InChI=1S/C26H26N6OS/c1-16(2)33-23-10-9-17(13-18(23)14-27)25-31-32-26(34-25)21-7-3-6-20-19(21)5-4-8-22(20)30-15-24-28-11-12-29-24/h3,6-7,9-13,16,22,30H,4-5,8,15H2,1-2H3,(H,28,29). The van der Waals surface area contributed by atoms with Gasteiger partial charge in [0, 0.05) is 29.6 Å².